The highest BCUT2D eigenvalue weighted by Crippen LogP contribution is 2.29. The molecular formula is C46H52FN3O4. The minimum Gasteiger partial charge on any atom is -0.489 e. The number of amides is 2. The summed E-state index contributed by atoms with van der Waals surface area (Å²) in [4.78, 5) is 17.9. The summed E-state index contributed by atoms with van der Waals surface area (Å²) in [6, 6.07) is 43.4. The van der Waals surface area contributed by atoms with Crippen molar-refractivity contribution < 1.29 is 23.8 Å². The van der Waals surface area contributed by atoms with Crippen LogP contribution >= 0.6 is 0 Å². The van der Waals surface area contributed by atoms with E-state index >= 15 is 0 Å². The molecule has 282 valence electrons. The fraction of sp³-hybridized carbons (Fsp3) is 0.304. The third-order valence-electron chi connectivity index (χ3n) is 8.75. The van der Waals surface area contributed by atoms with Crippen LogP contribution in [0.3, 0.4) is 0 Å². The summed E-state index contributed by atoms with van der Waals surface area (Å²) in [6.07, 6.45) is 0.521. The second kappa shape index (κ2) is 20.7. The number of benzene rings is 5. The number of aryl methyl sites for hydroxylation is 1. The molecule has 0 aromatic heterocycles. The quantitative estimate of drug-likeness (QED) is 0.137. The molecule has 0 saturated carbocycles. The van der Waals surface area contributed by atoms with Gasteiger partial charge in [-0.3, -0.25) is 0 Å². The summed E-state index contributed by atoms with van der Waals surface area (Å²) in [5.41, 5.74) is 4.93. The fourth-order valence-electron chi connectivity index (χ4n) is 6.17. The van der Waals surface area contributed by atoms with Gasteiger partial charge in [0.1, 0.15) is 24.2 Å². The molecule has 1 aliphatic rings. The Morgan fingerprint density at radius 3 is 1.93 bits per heavy atom. The lowest BCUT2D eigenvalue weighted by molar-refractivity contribution is -0.216. The van der Waals surface area contributed by atoms with E-state index in [0.29, 0.717) is 38.1 Å². The average Bonchev–Trinajstić information content (AvgIpc) is 3.29. The maximum atomic E-state index is 14.4. The van der Waals surface area contributed by atoms with Gasteiger partial charge < -0.3 is 24.4 Å². The number of nitriles is 1. The number of urea groups is 1. The predicted octanol–water partition coefficient (Wildman–Crippen LogP) is 9.85. The SMILES string of the molecule is CC.CC(C)(O)OC1CCN(Cc2ccc(F)c(C#N)c2)C(=O)N(Cc2ccc(OCc3ccccc3)cc2)C1Cc1ccccc1.Cc1ccccc1. The van der Waals surface area contributed by atoms with Gasteiger partial charge in [0, 0.05) is 19.6 Å². The topological polar surface area (TPSA) is 86.0 Å². The zero-order chi connectivity index (χ0) is 38.9. The van der Waals surface area contributed by atoms with Gasteiger partial charge in [-0.15, -0.1) is 0 Å². The highest BCUT2D eigenvalue weighted by molar-refractivity contribution is 5.75. The Balaban J connectivity index is 0.000000640. The molecule has 5 aromatic carbocycles. The smallest absolute Gasteiger partial charge is 0.320 e. The van der Waals surface area contributed by atoms with Crippen molar-refractivity contribution in [2.45, 2.75) is 85.1 Å². The van der Waals surface area contributed by atoms with Crippen LogP contribution in [0.4, 0.5) is 9.18 Å². The Bertz CT molecular complexity index is 1890. The summed E-state index contributed by atoms with van der Waals surface area (Å²) >= 11 is 0. The van der Waals surface area contributed by atoms with Crippen molar-refractivity contribution >= 4 is 6.03 Å². The van der Waals surface area contributed by atoms with Gasteiger partial charge in [-0.1, -0.05) is 129 Å². The molecular weight excluding hydrogens is 678 g/mol. The molecule has 1 aliphatic heterocycles. The highest BCUT2D eigenvalue weighted by Gasteiger charge is 2.40. The Hall–Kier alpha value is -5.49. The number of ether oxygens (including phenoxy) is 2. The molecule has 0 spiro atoms. The number of aliphatic hydroxyl groups is 1. The molecule has 54 heavy (non-hydrogen) atoms. The Morgan fingerprint density at radius 2 is 1.37 bits per heavy atom. The maximum absolute atomic E-state index is 14.4. The first-order chi connectivity index (χ1) is 26.1. The number of nitrogens with zero attached hydrogens (tertiary/aromatic N) is 3. The van der Waals surface area contributed by atoms with Gasteiger partial charge in [-0.2, -0.15) is 5.26 Å². The molecule has 7 nitrogen and oxygen atoms in total. The molecule has 8 heteroatoms. The number of carbonyl (C=O) groups excluding carboxylic acids is 1. The normalized spacial score (nSPS) is 15.5. The number of halogens is 1. The number of carbonyl (C=O) groups is 1. The van der Waals surface area contributed by atoms with Crippen LogP contribution in [0.1, 0.15) is 67.5 Å². The van der Waals surface area contributed by atoms with E-state index in [0.717, 1.165) is 22.4 Å². The second-order valence-electron chi connectivity index (χ2n) is 13.5. The van der Waals surface area contributed by atoms with Crippen LogP contribution in [0.2, 0.25) is 0 Å². The van der Waals surface area contributed by atoms with Gasteiger partial charge in [-0.25, -0.2) is 9.18 Å². The van der Waals surface area contributed by atoms with Gasteiger partial charge in [0.15, 0.2) is 5.79 Å². The maximum Gasteiger partial charge on any atom is 0.320 e. The first kappa shape index (κ1) is 41.3. The molecule has 1 saturated heterocycles. The largest absolute Gasteiger partial charge is 0.489 e. The van der Waals surface area contributed by atoms with Crippen molar-refractivity contribution in [1.29, 1.82) is 5.26 Å². The zero-order valence-electron chi connectivity index (χ0n) is 32.0. The molecule has 5 aromatic rings. The standard InChI is InChI=1S/C37H38FN3O4.C7H8.C2H6/c1-37(2,43)45-35-19-20-40(24-30-15-18-33(38)31(21-30)23-39)36(42)41(34(35)22-27-9-5-3-6-10-27)25-28-13-16-32(17-14-28)44-26-29-11-7-4-8-12-29;1-7-5-3-2-4-6-7;1-2/h3-18,21,34-35,43H,19-20,22,24-26H2,1-2H3;2-6H,1H3;1-2H3. The van der Waals surface area contributed by atoms with Crippen molar-refractivity contribution in [2.75, 3.05) is 6.54 Å². The van der Waals surface area contributed by atoms with Crippen LogP contribution in [0, 0.1) is 24.1 Å². The molecule has 2 amide bonds. The molecule has 0 bridgehead atoms. The highest BCUT2D eigenvalue weighted by atomic mass is 19.1. The van der Waals surface area contributed by atoms with Crippen molar-refractivity contribution in [3.63, 3.8) is 0 Å². The Morgan fingerprint density at radius 1 is 0.796 bits per heavy atom. The molecule has 6 rings (SSSR count). The van der Waals surface area contributed by atoms with E-state index in [4.69, 9.17) is 9.47 Å². The summed E-state index contributed by atoms with van der Waals surface area (Å²) in [5.74, 6) is -1.29. The fourth-order valence-corrected chi connectivity index (χ4v) is 6.17. The average molecular weight is 730 g/mol. The minimum absolute atomic E-state index is 0.0635. The second-order valence-corrected chi connectivity index (χ2v) is 13.5. The van der Waals surface area contributed by atoms with Crippen LogP contribution in [0.25, 0.3) is 0 Å². The van der Waals surface area contributed by atoms with E-state index in [1.165, 1.54) is 17.7 Å². The summed E-state index contributed by atoms with van der Waals surface area (Å²) < 4.78 is 26.3. The van der Waals surface area contributed by atoms with Crippen molar-refractivity contribution in [3.8, 4) is 11.8 Å². The molecule has 2 atom stereocenters. The van der Waals surface area contributed by atoms with E-state index in [1.807, 2.05) is 128 Å². The van der Waals surface area contributed by atoms with E-state index in [9.17, 15) is 19.6 Å². The van der Waals surface area contributed by atoms with Gasteiger partial charge in [-0.05, 0) is 80.1 Å². The van der Waals surface area contributed by atoms with E-state index in [-0.39, 0.29) is 18.1 Å². The van der Waals surface area contributed by atoms with Gasteiger partial charge in [0.05, 0.1) is 17.7 Å². The van der Waals surface area contributed by atoms with Crippen LogP contribution in [0.5, 0.6) is 5.75 Å². The monoisotopic (exact) mass is 729 g/mol. The molecule has 0 radical (unpaired) electrons. The minimum atomic E-state index is -1.42. The van der Waals surface area contributed by atoms with Gasteiger partial charge in [0.25, 0.3) is 0 Å². The number of hydrogen-bond donors (Lipinski definition) is 1. The van der Waals surface area contributed by atoms with Gasteiger partial charge in [0.2, 0.25) is 0 Å². The lowest BCUT2D eigenvalue weighted by Crippen LogP contribution is -2.51. The molecule has 1 fully saturated rings. The lowest BCUT2D eigenvalue weighted by Gasteiger charge is -2.38. The first-order valence-corrected chi connectivity index (χ1v) is 18.5. The summed E-state index contributed by atoms with van der Waals surface area (Å²) in [6.45, 7) is 10.6. The lowest BCUT2D eigenvalue weighted by atomic mass is 9.97. The van der Waals surface area contributed by atoms with Crippen LogP contribution in [-0.4, -0.2) is 45.4 Å². The van der Waals surface area contributed by atoms with Crippen LogP contribution < -0.4 is 4.74 Å². The molecule has 0 aliphatic carbocycles. The van der Waals surface area contributed by atoms with Crippen LogP contribution in [0.15, 0.2) is 133 Å². The van der Waals surface area contributed by atoms with Crippen molar-refractivity contribution in [2.24, 2.45) is 0 Å². The summed E-state index contributed by atoms with van der Waals surface area (Å²) in [7, 11) is 0. The number of hydrogen-bond acceptors (Lipinski definition) is 5. The Kier molecular flexibility index (Phi) is 15.8. The van der Waals surface area contributed by atoms with Crippen LogP contribution in [-0.2, 0) is 30.9 Å². The first-order valence-electron chi connectivity index (χ1n) is 18.5. The van der Waals surface area contributed by atoms with Crippen molar-refractivity contribution in [1.82, 2.24) is 9.80 Å². The van der Waals surface area contributed by atoms with E-state index in [1.54, 1.807) is 24.8 Å². The summed E-state index contributed by atoms with van der Waals surface area (Å²) in [5, 5.41) is 20.1. The predicted molar refractivity (Wildman–Crippen MR) is 212 cm³/mol. The Labute approximate surface area is 320 Å². The van der Waals surface area contributed by atoms with Gasteiger partial charge >= 0.3 is 6.03 Å². The molecule has 1 N–H and O–H groups in total. The molecule has 2 unspecified atom stereocenters. The molecule has 1 heterocycles. The van der Waals surface area contributed by atoms with E-state index in [2.05, 4.69) is 19.1 Å². The van der Waals surface area contributed by atoms with Crippen molar-refractivity contribution in [3.05, 3.63) is 173 Å². The third kappa shape index (κ3) is 12.9. The third-order valence-corrected chi connectivity index (χ3v) is 8.75. The zero-order valence-corrected chi connectivity index (χ0v) is 32.0. The number of rotatable bonds is 11. The van der Waals surface area contributed by atoms with E-state index < -0.39 is 23.8 Å².